The molecule has 0 aromatic carbocycles. The van der Waals surface area contributed by atoms with E-state index in [4.69, 9.17) is 9.47 Å². The van der Waals surface area contributed by atoms with Gasteiger partial charge in [-0.3, -0.25) is 9.69 Å². The molecule has 0 aliphatic carbocycles. The van der Waals surface area contributed by atoms with Crippen LogP contribution in [0, 0.1) is 5.41 Å². The zero-order chi connectivity index (χ0) is 18.5. The van der Waals surface area contributed by atoms with Gasteiger partial charge in [-0.05, 0) is 64.5 Å². The van der Waals surface area contributed by atoms with Gasteiger partial charge >= 0.3 is 12.1 Å². The highest BCUT2D eigenvalue weighted by atomic mass is 16.6. The molecule has 2 heterocycles. The van der Waals surface area contributed by atoms with E-state index in [1.54, 1.807) is 0 Å². The van der Waals surface area contributed by atoms with E-state index in [2.05, 4.69) is 11.8 Å². The third-order valence-electron chi connectivity index (χ3n) is 6.11. The summed E-state index contributed by atoms with van der Waals surface area (Å²) in [5, 5.41) is 0. The van der Waals surface area contributed by atoms with Gasteiger partial charge in [0.2, 0.25) is 0 Å². The summed E-state index contributed by atoms with van der Waals surface area (Å²) in [5.74, 6) is -0.173. The van der Waals surface area contributed by atoms with Crippen LogP contribution in [-0.4, -0.2) is 67.3 Å². The van der Waals surface area contributed by atoms with E-state index < -0.39 is 5.54 Å². The highest BCUT2D eigenvalue weighted by Crippen LogP contribution is 2.42. The summed E-state index contributed by atoms with van der Waals surface area (Å²) in [6, 6.07) is 0. The lowest BCUT2D eigenvalue weighted by molar-refractivity contribution is -0.155. The molecular formula is C19H34N2O4. The number of unbranched alkanes of at least 4 members (excludes halogenated alkanes) is 1. The Bertz CT molecular complexity index is 460. The van der Waals surface area contributed by atoms with E-state index in [-0.39, 0.29) is 12.1 Å². The first-order chi connectivity index (χ1) is 11.8. The van der Waals surface area contributed by atoms with Crippen LogP contribution < -0.4 is 0 Å². The predicted octanol–water partition coefficient (Wildman–Crippen LogP) is 3.05. The lowest BCUT2D eigenvalue weighted by Gasteiger charge is -2.49. The van der Waals surface area contributed by atoms with Crippen LogP contribution in [0.25, 0.3) is 0 Å². The number of methoxy groups -OCH3 is 1. The number of amides is 1. The van der Waals surface area contributed by atoms with E-state index in [1.165, 1.54) is 7.11 Å². The van der Waals surface area contributed by atoms with Gasteiger partial charge < -0.3 is 14.4 Å². The van der Waals surface area contributed by atoms with Crippen molar-refractivity contribution in [1.29, 1.82) is 0 Å². The maximum atomic E-state index is 12.1. The maximum absolute atomic E-state index is 12.1. The second-order valence-corrected chi connectivity index (χ2v) is 7.99. The number of likely N-dealkylation sites (tertiary alicyclic amines) is 2. The summed E-state index contributed by atoms with van der Waals surface area (Å²) in [4.78, 5) is 28.2. The van der Waals surface area contributed by atoms with Crippen molar-refractivity contribution in [2.45, 2.75) is 64.8 Å². The maximum Gasteiger partial charge on any atom is 0.409 e. The van der Waals surface area contributed by atoms with E-state index in [1.807, 2.05) is 18.7 Å². The van der Waals surface area contributed by atoms with Crippen molar-refractivity contribution in [2.75, 3.05) is 39.9 Å². The molecule has 6 heteroatoms. The number of ether oxygens (including phenoxy) is 2. The van der Waals surface area contributed by atoms with Crippen LogP contribution in [-0.2, 0) is 14.3 Å². The first-order valence-electron chi connectivity index (χ1n) is 9.60. The normalized spacial score (nSPS) is 21.2. The first kappa shape index (κ1) is 20.0. The quantitative estimate of drug-likeness (QED) is 0.561. The molecule has 2 fully saturated rings. The molecule has 0 saturated carbocycles. The van der Waals surface area contributed by atoms with Crippen molar-refractivity contribution in [3.63, 3.8) is 0 Å². The van der Waals surface area contributed by atoms with Gasteiger partial charge in [0.05, 0.1) is 13.7 Å². The van der Waals surface area contributed by atoms with Crippen molar-refractivity contribution in [3.05, 3.63) is 0 Å². The summed E-state index contributed by atoms with van der Waals surface area (Å²) in [6.07, 6.45) is 6.01. The molecule has 1 spiro atoms. The summed E-state index contributed by atoms with van der Waals surface area (Å²) >= 11 is 0. The second kappa shape index (κ2) is 8.39. The monoisotopic (exact) mass is 354 g/mol. The van der Waals surface area contributed by atoms with Crippen molar-refractivity contribution in [3.8, 4) is 0 Å². The van der Waals surface area contributed by atoms with Crippen LogP contribution in [0.2, 0.25) is 0 Å². The van der Waals surface area contributed by atoms with Crippen molar-refractivity contribution < 1.29 is 19.1 Å². The number of rotatable bonds is 5. The van der Waals surface area contributed by atoms with Gasteiger partial charge in [-0.1, -0.05) is 13.3 Å². The molecular weight excluding hydrogens is 320 g/mol. The van der Waals surface area contributed by atoms with Gasteiger partial charge in [-0.25, -0.2) is 4.79 Å². The molecule has 0 radical (unpaired) electrons. The molecule has 2 saturated heterocycles. The highest BCUT2D eigenvalue weighted by Gasteiger charge is 2.44. The SMILES string of the molecule is CCCCOC(=O)N1CCC2(CC1)CCN(C(C)(C)C(=O)OC)CC2. The van der Waals surface area contributed by atoms with E-state index >= 15 is 0 Å². The minimum atomic E-state index is -0.569. The molecule has 0 atom stereocenters. The van der Waals surface area contributed by atoms with Gasteiger partial charge in [0.15, 0.2) is 0 Å². The summed E-state index contributed by atoms with van der Waals surface area (Å²) in [5.41, 5.74) is -0.261. The number of hydrogen-bond donors (Lipinski definition) is 0. The van der Waals surface area contributed by atoms with Crippen molar-refractivity contribution in [2.24, 2.45) is 5.41 Å². The summed E-state index contributed by atoms with van der Waals surface area (Å²) in [6.45, 7) is 9.86. The second-order valence-electron chi connectivity index (χ2n) is 7.99. The van der Waals surface area contributed by atoms with Crippen molar-refractivity contribution in [1.82, 2.24) is 9.80 Å². The van der Waals surface area contributed by atoms with Crippen LogP contribution in [0.1, 0.15) is 59.3 Å². The number of nitrogens with zero attached hydrogens (tertiary/aromatic N) is 2. The summed E-state index contributed by atoms with van der Waals surface area (Å²) < 4.78 is 10.3. The fourth-order valence-electron chi connectivity index (χ4n) is 3.98. The largest absolute Gasteiger partial charge is 0.468 e. The standard InChI is InChI=1S/C19H34N2O4/c1-5-6-15-25-17(23)20-11-7-19(8-12-20)9-13-21(14-10-19)18(2,3)16(22)24-4/h5-15H2,1-4H3. The molecule has 0 bridgehead atoms. The van der Waals surface area contributed by atoms with Crippen LogP contribution >= 0.6 is 0 Å². The Balaban J connectivity index is 1.81. The third-order valence-corrected chi connectivity index (χ3v) is 6.11. The number of carbonyl (C=O) groups is 2. The lowest BCUT2D eigenvalue weighted by Crippen LogP contribution is -2.56. The van der Waals surface area contributed by atoms with E-state index in [9.17, 15) is 9.59 Å². The van der Waals surface area contributed by atoms with Gasteiger partial charge in [0.1, 0.15) is 5.54 Å². The zero-order valence-electron chi connectivity index (χ0n) is 16.3. The molecule has 6 nitrogen and oxygen atoms in total. The lowest BCUT2D eigenvalue weighted by atomic mass is 9.70. The Morgan fingerprint density at radius 2 is 1.60 bits per heavy atom. The van der Waals surface area contributed by atoms with E-state index in [0.717, 1.165) is 64.7 Å². The molecule has 0 N–H and O–H groups in total. The minimum Gasteiger partial charge on any atom is -0.468 e. The first-order valence-corrected chi connectivity index (χ1v) is 9.60. The van der Waals surface area contributed by atoms with Gasteiger partial charge in [0.25, 0.3) is 0 Å². The molecule has 1 amide bonds. The number of piperidine rings is 2. The molecule has 25 heavy (non-hydrogen) atoms. The highest BCUT2D eigenvalue weighted by molar-refractivity contribution is 5.79. The Labute approximate surface area is 151 Å². The van der Waals surface area contributed by atoms with Gasteiger partial charge in [0, 0.05) is 13.1 Å². The van der Waals surface area contributed by atoms with Crippen LogP contribution in [0.5, 0.6) is 0 Å². The fraction of sp³-hybridized carbons (Fsp3) is 0.895. The van der Waals surface area contributed by atoms with E-state index in [0.29, 0.717) is 12.0 Å². The molecule has 144 valence electrons. The fourth-order valence-corrected chi connectivity index (χ4v) is 3.98. The molecule has 2 aliphatic rings. The van der Waals surface area contributed by atoms with Crippen LogP contribution in [0.3, 0.4) is 0 Å². The third kappa shape index (κ3) is 4.66. The van der Waals surface area contributed by atoms with Crippen LogP contribution in [0.15, 0.2) is 0 Å². The number of esters is 1. The molecule has 0 aromatic rings. The smallest absolute Gasteiger partial charge is 0.409 e. The van der Waals surface area contributed by atoms with Gasteiger partial charge in [-0.2, -0.15) is 0 Å². The average molecular weight is 354 g/mol. The Morgan fingerprint density at radius 3 is 2.12 bits per heavy atom. The topological polar surface area (TPSA) is 59.1 Å². The molecule has 2 aliphatic heterocycles. The van der Waals surface area contributed by atoms with Crippen LogP contribution in [0.4, 0.5) is 4.79 Å². The average Bonchev–Trinajstić information content (AvgIpc) is 2.62. The van der Waals surface area contributed by atoms with Crippen molar-refractivity contribution >= 4 is 12.1 Å². The molecule has 2 rings (SSSR count). The molecule has 0 unspecified atom stereocenters. The Hall–Kier alpha value is -1.30. The zero-order valence-corrected chi connectivity index (χ0v) is 16.3. The predicted molar refractivity (Wildman–Crippen MR) is 96.4 cm³/mol. The number of hydrogen-bond acceptors (Lipinski definition) is 5. The van der Waals surface area contributed by atoms with Gasteiger partial charge in [-0.15, -0.1) is 0 Å². The molecule has 0 aromatic heterocycles. The summed E-state index contributed by atoms with van der Waals surface area (Å²) in [7, 11) is 1.45. The number of carbonyl (C=O) groups excluding carboxylic acids is 2. The minimum absolute atomic E-state index is 0.160. The Kier molecular flexibility index (Phi) is 6.72. The Morgan fingerprint density at radius 1 is 1.04 bits per heavy atom.